The molecule has 0 aliphatic carbocycles. The predicted octanol–water partition coefficient (Wildman–Crippen LogP) is 0.441. The first-order chi connectivity index (χ1) is 6.75. The first-order valence-electron chi connectivity index (χ1n) is 5.89. The predicted molar refractivity (Wildman–Crippen MR) is 57.3 cm³/mol. The van der Waals surface area contributed by atoms with Crippen molar-refractivity contribution in [3.8, 4) is 0 Å². The van der Waals surface area contributed by atoms with E-state index in [9.17, 15) is 0 Å². The van der Waals surface area contributed by atoms with Crippen LogP contribution in [0.2, 0.25) is 0 Å². The van der Waals surface area contributed by atoms with Gasteiger partial charge >= 0.3 is 0 Å². The zero-order valence-corrected chi connectivity index (χ0v) is 9.08. The Bertz CT molecular complexity index is 184. The Morgan fingerprint density at radius 2 is 2.21 bits per heavy atom. The van der Waals surface area contributed by atoms with Gasteiger partial charge in [0.1, 0.15) is 0 Å². The van der Waals surface area contributed by atoms with Gasteiger partial charge in [-0.3, -0.25) is 0 Å². The molecular formula is C11H22N2O. The van der Waals surface area contributed by atoms with E-state index in [1.54, 1.807) is 0 Å². The molecule has 0 radical (unpaired) electrons. The molecule has 4 atom stereocenters. The third-order valence-corrected chi connectivity index (χ3v) is 3.60. The van der Waals surface area contributed by atoms with Gasteiger partial charge < -0.3 is 15.3 Å². The molecule has 2 N–H and O–H groups in total. The van der Waals surface area contributed by atoms with Crippen LogP contribution >= 0.6 is 0 Å². The van der Waals surface area contributed by atoms with Gasteiger partial charge in [0.15, 0.2) is 0 Å². The highest BCUT2D eigenvalue weighted by molar-refractivity contribution is 4.90. The van der Waals surface area contributed by atoms with E-state index in [1.165, 1.54) is 32.5 Å². The summed E-state index contributed by atoms with van der Waals surface area (Å²) in [5.74, 6) is 0.873. The van der Waals surface area contributed by atoms with Crippen molar-refractivity contribution in [1.29, 1.82) is 0 Å². The molecule has 14 heavy (non-hydrogen) atoms. The summed E-state index contributed by atoms with van der Waals surface area (Å²) < 4.78 is 0. The molecule has 0 saturated carbocycles. The Morgan fingerprint density at radius 1 is 1.43 bits per heavy atom. The van der Waals surface area contributed by atoms with E-state index in [0.29, 0.717) is 6.04 Å². The van der Waals surface area contributed by atoms with E-state index in [0.717, 1.165) is 18.9 Å². The Hall–Kier alpha value is -0.120. The number of aliphatic hydroxyl groups excluding tert-OH is 1. The molecule has 0 aromatic rings. The van der Waals surface area contributed by atoms with Crippen LogP contribution in [0, 0.1) is 5.92 Å². The summed E-state index contributed by atoms with van der Waals surface area (Å²) in [5, 5.41) is 12.8. The summed E-state index contributed by atoms with van der Waals surface area (Å²) in [6.45, 7) is 6.70. The van der Waals surface area contributed by atoms with Gasteiger partial charge in [0, 0.05) is 12.6 Å². The fourth-order valence-corrected chi connectivity index (χ4v) is 2.70. The first-order valence-corrected chi connectivity index (χ1v) is 5.89. The van der Waals surface area contributed by atoms with Gasteiger partial charge in [-0.05, 0) is 51.7 Å². The maximum atomic E-state index is 9.16. The average Bonchev–Trinajstić information content (AvgIpc) is 2.52. The minimum Gasteiger partial charge on any atom is -0.393 e. The van der Waals surface area contributed by atoms with Crippen LogP contribution in [-0.2, 0) is 0 Å². The SMILES string of the molecule is CC(O)CCNC1CCN2CCC1C2. The van der Waals surface area contributed by atoms with Gasteiger partial charge in [-0.25, -0.2) is 0 Å². The molecule has 4 unspecified atom stereocenters. The van der Waals surface area contributed by atoms with Crippen LogP contribution in [0.15, 0.2) is 0 Å². The van der Waals surface area contributed by atoms with Crippen LogP contribution in [0.4, 0.5) is 0 Å². The van der Waals surface area contributed by atoms with E-state index in [-0.39, 0.29) is 6.10 Å². The topological polar surface area (TPSA) is 35.5 Å². The number of piperidine rings is 1. The maximum Gasteiger partial charge on any atom is 0.0524 e. The lowest BCUT2D eigenvalue weighted by atomic mass is 9.94. The second-order valence-corrected chi connectivity index (χ2v) is 4.84. The molecule has 0 amide bonds. The van der Waals surface area contributed by atoms with E-state index in [1.807, 2.05) is 6.92 Å². The lowest BCUT2D eigenvalue weighted by Gasteiger charge is -2.31. The zero-order valence-electron chi connectivity index (χ0n) is 9.08. The minimum absolute atomic E-state index is 0.161. The van der Waals surface area contributed by atoms with E-state index < -0.39 is 0 Å². The van der Waals surface area contributed by atoms with Crippen molar-refractivity contribution in [2.75, 3.05) is 26.2 Å². The first kappa shape index (κ1) is 10.4. The molecule has 2 aliphatic rings. The van der Waals surface area contributed by atoms with Gasteiger partial charge in [0.2, 0.25) is 0 Å². The van der Waals surface area contributed by atoms with E-state index in [2.05, 4.69) is 10.2 Å². The van der Waals surface area contributed by atoms with Crippen molar-refractivity contribution in [2.45, 2.75) is 38.3 Å². The Kier molecular flexibility index (Phi) is 3.42. The van der Waals surface area contributed by atoms with Crippen molar-refractivity contribution >= 4 is 0 Å². The Morgan fingerprint density at radius 3 is 3.00 bits per heavy atom. The number of nitrogens with one attached hydrogen (secondary N) is 1. The molecule has 2 aliphatic heterocycles. The summed E-state index contributed by atoms with van der Waals surface area (Å²) in [7, 11) is 0. The summed E-state index contributed by atoms with van der Waals surface area (Å²) in [4.78, 5) is 2.57. The van der Waals surface area contributed by atoms with Crippen molar-refractivity contribution in [1.82, 2.24) is 10.2 Å². The molecule has 2 rings (SSSR count). The highest BCUT2D eigenvalue weighted by Gasteiger charge is 2.33. The second-order valence-electron chi connectivity index (χ2n) is 4.84. The molecular weight excluding hydrogens is 176 g/mol. The molecule has 3 heteroatoms. The summed E-state index contributed by atoms with van der Waals surface area (Å²) in [5.41, 5.74) is 0. The highest BCUT2D eigenvalue weighted by Crippen LogP contribution is 2.26. The van der Waals surface area contributed by atoms with E-state index >= 15 is 0 Å². The van der Waals surface area contributed by atoms with Crippen LogP contribution in [0.25, 0.3) is 0 Å². The third-order valence-electron chi connectivity index (χ3n) is 3.60. The van der Waals surface area contributed by atoms with Crippen LogP contribution in [0.3, 0.4) is 0 Å². The van der Waals surface area contributed by atoms with Crippen LogP contribution in [-0.4, -0.2) is 48.3 Å². The molecule has 2 bridgehead atoms. The van der Waals surface area contributed by atoms with Crippen molar-refractivity contribution < 1.29 is 5.11 Å². The summed E-state index contributed by atoms with van der Waals surface area (Å²) in [6.07, 6.45) is 3.38. The number of nitrogens with zero attached hydrogens (tertiary/aromatic N) is 1. The summed E-state index contributed by atoms with van der Waals surface area (Å²) >= 11 is 0. The van der Waals surface area contributed by atoms with Crippen molar-refractivity contribution in [3.05, 3.63) is 0 Å². The van der Waals surface area contributed by atoms with Gasteiger partial charge in [-0.15, -0.1) is 0 Å². The summed E-state index contributed by atoms with van der Waals surface area (Å²) in [6, 6.07) is 0.715. The number of hydrogen-bond donors (Lipinski definition) is 2. The average molecular weight is 198 g/mol. The van der Waals surface area contributed by atoms with Crippen LogP contribution in [0.1, 0.15) is 26.2 Å². The molecule has 82 valence electrons. The van der Waals surface area contributed by atoms with Gasteiger partial charge in [0.25, 0.3) is 0 Å². The fourth-order valence-electron chi connectivity index (χ4n) is 2.70. The maximum absolute atomic E-state index is 9.16. The molecule has 2 fully saturated rings. The van der Waals surface area contributed by atoms with E-state index in [4.69, 9.17) is 5.11 Å². The molecule has 2 saturated heterocycles. The highest BCUT2D eigenvalue weighted by atomic mass is 16.3. The monoisotopic (exact) mass is 198 g/mol. The molecule has 3 nitrogen and oxygen atoms in total. The largest absolute Gasteiger partial charge is 0.393 e. The number of hydrogen-bond acceptors (Lipinski definition) is 3. The molecule has 2 heterocycles. The van der Waals surface area contributed by atoms with Gasteiger partial charge in [-0.1, -0.05) is 0 Å². The van der Waals surface area contributed by atoms with Crippen LogP contribution < -0.4 is 5.32 Å². The number of aliphatic hydroxyl groups is 1. The normalized spacial score (nSPS) is 38.6. The smallest absolute Gasteiger partial charge is 0.0524 e. The van der Waals surface area contributed by atoms with Crippen molar-refractivity contribution in [2.24, 2.45) is 5.92 Å². The second kappa shape index (κ2) is 4.60. The van der Waals surface area contributed by atoms with Gasteiger partial charge in [0.05, 0.1) is 6.10 Å². The zero-order chi connectivity index (χ0) is 9.97. The quantitative estimate of drug-likeness (QED) is 0.688. The lowest BCUT2D eigenvalue weighted by Crippen LogP contribution is -2.44. The third kappa shape index (κ3) is 2.47. The number of rotatable bonds is 4. The fraction of sp³-hybridized carbons (Fsp3) is 1.00. The molecule has 0 aromatic carbocycles. The standard InChI is InChI=1S/C11H22N2O/c1-9(14)2-5-12-11-4-7-13-6-3-10(11)8-13/h9-12,14H,2-8H2,1H3. The number of fused-ring (bicyclic) bond motifs is 2. The molecule has 0 aromatic heterocycles. The van der Waals surface area contributed by atoms with Gasteiger partial charge in [-0.2, -0.15) is 0 Å². The Labute approximate surface area is 86.5 Å². The Balaban J connectivity index is 1.70. The molecule has 0 spiro atoms. The van der Waals surface area contributed by atoms with Crippen molar-refractivity contribution in [3.63, 3.8) is 0 Å². The lowest BCUT2D eigenvalue weighted by molar-refractivity contribution is 0.173. The van der Waals surface area contributed by atoms with Crippen LogP contribution in [0.5, 0.6) is 0 Å². The minimum atomic E-state index is -0.161.